The van der Waals surface area contributed by atoms with Crippen LogP contribution in [0.2, 0.25) is 10.0 Å². The molecular weight excluding hydrogens is 597 g/mol. The minimum atomic E-state index is -4.20. The maximum atomic E-state index is 14.2. The maximum Gasteiger partial charge on any atom is 0.264 e. The van der Waals surface area contributed by atoms with Crippen LogP contribution >= 0.6 is 23.2 Å². The molecule has 2 unspecified atom stereocenters. The summed E-state index contributed by atoms with van der Waals surface area (Å²) in [6.07, 6.45) is 0.988. The lowest BCUT2D eigenvalue weighted by Gasteiger charge is -2.34. The molecule has 0 bridgehead atoms. The van der Waals surface area contributed by atoms with Gasteiger partial charge in [0.15, 0.2) is 0 Å². The highest BCUT2D eigenvalue weighted by Crippen LogP contribution is 2.29. The number of carbonyl (C=O) groups is 2. The predicted molar refractivity (Wildman–Crippen MR) is 168 cm³/mol. The van der Waals surface area contributed by atoms with Crippen LogP contribution in [0.3, 0.4) is 0 Å². The summed E-state index contributed by atoms with van der Waals surface area (Å²) in [6, 6.07) is 18.4. The standard InChI is InChI=1S/C31H37Cl2N3O5S/c1-5-22(4)34-31(38)29(6-2)35(20-26-27(32)14-11-15-28(26)33)30(37)21-36(23-12-9-8-10-13-23)42(39,40)25-18-16-24(17-19-25)41-7-3/h8-19,22,29H,5-7,20-21H2,1-4H3,(H,34,38). The number of para-hydroxylation sites is 1. The van der Waals surface area contributed by atoms with Gasteiger partial charge in [0, 0.05) is 28.2 Å². The topological polar surface area (TPSA) is 96.0 Å². The van der Waals surface area contributed by atoms with E-state index < -0.39 is 28.5 Å². The summed E-state index contributed by atoms with van der Waals surface area (Å²) in [4.78, 5) is 28.9. The second-order valence-corrected chi connectivity index (χ2v) is 12.4. The van der Waals surface area contributed by atoms with Crippen LogP contribution in [0, 0.1) is 0 Å². The molecule has 0 saturated heterocycles. The smallest absolute Gasteiger partial charge is 0.264 e. The van der Waals surface area contributed by atoms with Gasteiger partial charge in [-0.1, -0.05) is 61.3 Å². The SMILES string of the molecule is CCOc1ccc(S(=O)(=O)N(CC(=O)N(Cc2c(Cl)cccc2Cl)C(CC)C(=O)NC(C)CC)c2ccccc2)cc1. The molecule has 0 radical (unpaired) electrons. The molecule has 8 nitrogen and oxygen atoms in total. The first-order valence-electron chi connectivity index (χ1n) is 13.9. The summed E-state index contributed by atoms with van der Waals surface area (Å²) in [7, 11) is -4.20. The van der Waals surface area contributed by atoms with Gasteiger partial charge >= 0.3 is 0 Å². The molecule has 0 fully saturated rings. The number of nitrogens with zero attached hydrogens (tertiary/aromatic N) is 2. The Morgan fingerprint density at radius 2 is 1.50 bits per heavy atom. The number of rotatable bonds is 14. The molecule has 0 aliphatic carbocycles. The molecule has 42 heavy (non-hydrogen) atoms. The molecule has 226 valence electrons. The van der Waals surface area contributed by atoms with Gasteiger partial charge in [-0.15, -0.1) is 0 Å². The molecule has 0 saturated carbocycles. The van der Waals surface area contributed by atoms with Crippen molar-refractivity contribution in [3.05, 3.63) is 88.4 Å². The summed E-state index contributed by atoms with van der Waals surface area (Å²) in [5.41, 5.74) is 0.761. The number of sulfonamides is 1. The molecule has 11 heteroatoms. The van der Waals surface area contributed by atoms with E-state index in [9.17, 15) is 18.0 Å². The van der Waals surface area contributed by atoms with Crippen LogP contribution in [0.15, 0.2) is 77.7 Å². The van der Waals surface area contributed by atoms with Crippen molar-refractivity contribution < 1.29 is 22.7 Å². The van der Waals surface area contributed by atoms with E-state index in [-0.39, 0.29) is 29.8 Å². The van der Waals surface area contributed by atoms with Crippen molar-refractivity contribution in [2.75, 3.05) is 17.5 Å². The lowest BCUT2D eigenvalue weighted by Crippen LogP contribution is -2.53. The molecule has 2 amide bonds. The molecule has 3 rings (SSSR count). The molecule has 1 N–H and O–H groups in total. The van der Waals surface area contributed by atoms with Gasteiger partial charge in [0.05, 0.1) is 17.2 Å². The average Bonchev–Trinajstić information content (AvgIpc) is 2.97. The number of carbonyl (C=O) groups excluding carboxylic acids is 2. The molecule has 0 aliphatic heterocycles. The number of anilines is 1. The van der Waals surface area contributed by atoms with E-state index >= 15 is 0 Å². The van der Waals surface area contributed by atoms with Gasteiger partial charge in [0.2, 0.25) is 11.8 Å². The van der Waals surface area contributed by atoms with Crippen molar-refractivity contribution >= 4 is 50.7 Å². The molecular formula is C31H37Cl2N3O5S. The first kappa shape index (κ1) is 33.2. The number of amides is 2. The Morgan fingerprint density at radius 3 is 2.05 bits per heavy atom. The Bertz CT molecular complexity index is 1430. The highest BCUT2D eigenvalue weighted by molar-refractivity contribution is 7.92. The zero-order chi connectivity index (χ0) is 30.9. The van der Waals surface area contributed by atoms with Crippen molar-refractivity contribution in [3.63, 3.8) is 0 Å². The lowest BCUT2D eigenvalue weighted by molar-refractivity contribution is -0.140. The quantitative estimate of drug-likeness (QED) is 0.224. The van der Waals surface area contributed by atoms with E-state index in [4.69, 9.17) is 27.9 Å². The molecule has 2 atom stereocenters. The van der Waals surface area contributed by atoms with Crippen molar-refractivity contribution in [2.24, 2.45) is 0 Å². The van der Waals surface area contributed by atoms with Crippen LogP contribution < -0.4 is 14.4 Å². The second-order valence-electron chi connectivity index (χ2n) is 9.72. The van der Waals surface area contributed by atoms with E-state index in [0.29, 0.717) is 40.1 Å². The summed E-state index contributed by atoms with van der Waals surface area (Å²) >= 11 is 12.9. The van der Waals surface area contributed by atoms with Crippen LogP contribution in [-0.2, 0) is 26.2 Å². The maximum absolute atomic E-state index is 14.2. The molecule has 0 heterocycles. The fourth-order valence-corrected chi connectivity index (χ4v) is 6.27. The fraction of sp³-hybridized carbons (Fsp3) is 0.355. The summed E-state index contributed by atoms with van der Waals surface area (Å²) in [5.74, 6) is -0.404. The summed E-state index contributed by atoms with van der Waals surface area (Å²) in [5, 5.41) is 3.61. The third-order valence-electron chi connectivity index (χ3n) is 6.82. The minimum Gasteiger partial charge on any atom is -0.494 e. The first-order valence-corrected chi connectivity index (χ1v) is 16.1. The first-order chi connectivity index (χ1) is 20.0. The molecule has 0 aromatic heterocycles. The number of benzene rings is 3. The Hall–Kier alpha value is -3.27. The predicted octanol–water partition coefficient (Wildman–Crippen LogP) is 6.31. The Kier molecular flexibility index (Phi) is 12.1. The van der Waals surface area contributed by atoms with Gasteiger partial charge in [0.25, 0.3) is 10.0 Å². The van der Waals surface area contributed by atoms with Gasteiger partial charge in [-0.2, -0.15) is 0 Å². The Balaban J connectivity index is 2.06. The normalized spacial score (nSPS) is 12.7. The minimum absolute atomic E-state index is 0.00939. The van der Waals surface area contributed by atoms with Crippen LogP contribution in [-0.4, -0.2) is 50.4 Å². The third-order valence-corrected chi connectivity index (χ3v) is 9.32. The van der Waals surface area contributed by atoms with Crippen molar-refractivity contribution in [1.29, 1.82) is 0 Å². The lowest BCUT2D eigenvalue weighted by atomic mass is 10.1. The van der Waals surface area contributed by atoms with Crippen molar-refractivity contribution in [3.8, 4) is 5.75 Å². The monoisotopic (exact) mass is 633 g/mol. The van der Waals surface area contributed by atoms with Gasteiger partial charge in [-0.25, -0.2) is 8.42 Å². The highest BCUT2D eigenvalue weighted by atomic mass is 35.5. The van der Waals surface area contributed by atoms with Crippen LogP contribution in [0.25, 0.3) is 0 Å². The molecule has 3 aromatic carbocycles. The Morgan fingerprint density at radius 1 is 0.881 bits per heavy atom. The zero-order valence-corrected chi connectivity index (χ0v) is 26.5. The van der Waals surface area contributed by atoms with Crippen LogP contribution in [0.1, 0.15) is 46.1 Å². The van der Waals surface area contributed by atoms with Gasteiger partial charge in [-0.3, -0.25) is 13.9 Å². The third kappa shape index (κ3) is 8.18. The summed E-state index contributed by atoms with van der Waals surface area (Å²) < 4.78 is 34.5. The number of halogens is 2. The Labute approximate surface area is 258 Å². The molecule has 0 aliphatic rings. The van der Waals surface area contributed by atoms with Crippen molar-refractivity contribution in [1.82, 2.24) is 10.2 Å². The fourth-order valence-electron chi connectivity index (χ4n) is 4.34. The van der Waals surface area contributed by atoms with E-state index in [1.807, 2.05) is 20.8 Å². The van der Waals surface area contributed by atoms with E-state index in [0.717, 1.165) is 4.31 Å². The second kappa shape index (κ2) is 15.3. The number of hydrogen-bond acceptors (Lipinski definition) is 5. The van der Waals surface area contributed by atoms with E-state index in [1.165, 1.54) is 17.0 Å². The molecule has 3 aromatic rings. The van der Waals surface area contributed by atoms with E-state index in [1.54, 1.807) is 67.6 Å². The number of nitrogens with one attached hydrogen (secondary N) is 1. The van der Waals surface area contributed by atoms with Crippen LogP contribution in [0.5, 0.6) is 5.75 Å². The largest absolute Gasteiger partial charge is 0.494 e. The van der Waals surface area contributed by atoms with Crippen LogP contribution in [0.4, 0.5) is 5.69 Å². The van der Waals surface area contributed by atoms with Gasteiger partial charge in [-0.05, 0) is 75.2 Å². The average molecular weight is 635 g/mol. The number of ether oxygens (including phenoxy) is 1. The highest BCUT2D eigenvalue weighted by Gasteiger charge is 2.34. The zero-order valence-electron chi connectivity index (χ0n) is 24.2. The summed E-state index contributed by atoms with van der Waals surface area (Å²) in [6.45, 7) is 7.24. The van der Waals surface area contributed by atoms with Crippen molar-refractivity contribution in [2.45, 2.75) is 64.1 Å². The van der Waals surface area contributed by atoms with E-state index in [2.05, 4.69) is 5.32 Å². The van der Waals surface area contributed by atoms with Gasteiger partial charge < -0.3 is 15.0 Å². The molecule has 0 spiro atoms. The number of hydrogen-bond donors (Lipinski definition) is 1. The van der Waals surface area contributed by atoms with Gasteiger partial charge in [0.1, 0.15) is 18.3 Å².